The number of carbonyl (C=O) groups is 1. The van der Waals surface area contributed by atoms with Gasteiger partial charge < -0.3 is 10.6 Å². The number of urea groups is 1. The second-order valence-corrected chi connectivity index (χ2v) is 3.72. The molecule has 102 valence electrons. The minimum absolute atomic E-state index is 0.269. The van der Waals surface area contributed by atoms with E-state index in [0.717, 1.165) is 12.1 Å². The summed E-state index contributed by atoms with van der Waals surface area (Å²) in [6.07, 6.45) is -3.53. The third kappa shape index (κ3) is 5.29. The van der Waals surface area contributed by atoms with E-state index in [4.69, 9.17) is 5.26 Å². The normalized spacial score (nSPS) is 10.6. The lowest BCUT2D eigenvalue weighted by Crippen LogP contribution is -2.29. The van der Waals surface area contributed by atoms with Crippen LogP contribution in [0.4, 0.5) is 23.7 Å². The second kappa shape index (κ2) is 6.64. The van der Waals surface area contributed by atoms with Crippen molar-refractivity contribution in [2.75, 3.05) is 11.9 Å². The Bertz CT molecular complexity index is 463. The number of rotatable bonds is 4. The van der Waals surface area contributed by atoms with E-state index in [1.54, 1.807) is 0 Å². The molecule has 0 saturated carbocycles. The molecule has 2 N–H and O–H groups in total. The van der Waals surface area contributed by atoms with Gasteiger partial charge in [0, 0.05) is 18.7 Å². The maximum atomic E-state index is 12.3. The molecule has 0 aliphatic carbocycles. The van der Waals surface area contributed by atoms with Gasteiger partial charge in [-0.15, -0.1) is 0 Å². The van der Waals surface area contributed by atoms with E-state index in [-0.39, 0.29) is 5.69 Å². The first-order chi connectivity index (χ1) is 8.93. The van der Waals surface area contributed by atoms with Crippen LogP contribution in [-0.2, 0) is 6.18 Å². The molecule has 19 heavy (non-hydrogen) atoms. The van der Waals surface area contributed by atoms with Crippen molar-refractivity contribution in [1.29, 1.82) is 5.26 Å². The fourth-order valence-corrected chi connectivity index (χ4v) is 1.29. The Labute approximate surface area is 108 Å². The zero-order valence-electron chi connectivity index (χ0n) is 9.92. The predicted octanol–water partition coefficient (Wildman–Crippen LogP) is 3.13. The summed E-state index contributed by atoms with van der Waals surface area (Å²) >= 11 is 0. The molecule has 0 aliphatic heterocycles. The van der Waals surface area contributed by atoms with Crippen LogP contribution in [0.5, 0.6) is 0 Å². The number of nitrogens with zero attached hydrogens (tertiary/aromatic N) is 1. The van der Waals surface area contributed by atoms with Crippen molar-refractivity contribution in [2.24, 2.45) is 0 Å². The number of amides is 2. The number of carbonyl (C=O) groups excluding carboxylic acids is 1. The minimum Gasteiger partial charge on any atom is -0.338 e. The van der Waals surface area contributed by atoms with Gasteiger partial charge in [0.25, 0.3) is 0 Å². The van der Waals surface area contributed by atoms with Gasteiger partial charge in [-0.05, 0) is 30.7 Å². The Kier molecular flexibility index (Phi) is 5.18. The second-order valence-electron chi connectivity index (χ2n) is 3.72. The Hall–Kier alpha value is -2.23. The first kappa shape index (κ1) is 14.8. The van der Waals surface area contributed by atoms with E-state index in [9.17, 15) is 18.0 Å². The molecule has 0 unspecified atom stereocenters. The third-order valence-electron chi connectivity index (χ3n) is 2.22. The zero-order chi connectivity index (χ0) is 14.3. The number of halogens is 3. The lowest BCUT2D eigenvalue weighted by atomic mass is 10.2. The fourth-order valence-electron chi connectivity index (χ4n) is 1.29. The molecule has 0 atom stereocenters. The van der Waals surface area contributed by atoms with Crippen LogP contribution in [0.1, 0.15) is 18.4 Å². The molecule has 1 aromatic carbocycles. The Morgan fingerprint density at radius 2 is 1.89 bits per heavy atom. The summed E-state index contributed by atoms with van der Waals surface area (Å²) in [5.41, 5.74) is -0.502. The number of anilines is 1. The van der Waals surface area contributed by atoms with E-state index in [2.05, 4.69) is 10.6 Å². The molecule has 4 nitrogen and oxygen atoms in total. The average molecular weight is 271 g/mol. The van der Waals surface area contributed by atoms with Gasteiger partial charge in [0.2, 0.25) is 0 Å². The molecule has 0 fully saturated rings. The first-order valence-electron chi connectivity index (χ1n) is 5.52. The van der Waals surface area contributed by atoms with Crippen molar-refractivity contribution in [3.05, 3.63) is 29.8 Å². The Morgan fingerprint density at radius 3 is 2.42 bits per heavy atom. The lowest BCUT2D eigenvalue weighted by molar-refractivity contribution is -0.137. The smallest absolute Gasteiger partial charge is 0.338 e. The average Bonchev–Trinajstić information content (AvgIpc) is 2.34. The minimum atomic E-state index is -4.39. The fraction of sp³-hybridized carbons (Fsp3) is 0.333. The van der Waals surface area contributed by atoms with Gasteiger partial charge in [0.15, 0.2) is 0 Å². The molecule has 0 heterocycles. The molecule has 0 radical (unpaired) electrons. The predicted molar refractivity (Wildman–Crippen MR) is 63.3 cm³/mol. The summed E-state index contributed by atoms with van der Waals surface area (Å²) in [6, 6.07) is 5.56. The van der Waals surface area contributed by atoms with Crippen LogP contribution in [0, 0.1) is 11.3 Å². The highest BCUT2D eigenvalue weighted by atomic mass is 19.4. The van der Waals surface area contributed by atoms with E-state index in [0.29, 0.717) is 19.4 Å². The largest absolute Gasteiger partial charge is 0.416 e. The molecule has 0 aliphatic rings. The van der Waals surface area contributed by atoms with E-state index in [1.165, 1.54) is 12.1 Å². The molecule has 1 aromatic rings. The Balaban J connectivity index is 2.45. The SMILES string of the molecule is N#CCCCNC(=O)Nc1ccc(C(F)(F)F)cc1. The number of benzene rings is 1. The molecular weight excluding hydrogens is 259 g/mol. The van der Waals surface area contributed by atoms with Crippen molar-refractivity contribution in [3.8, 4) is 6.07 Å². The molecule has 0 spiro atoms. The summed E-state index contributed by atoms with van der Waals surface area (Å²) in [5, 5.41) is 13.2. The highest BCUT2D eigenvalue weighted by Gasteiger charge is 2.29. The van der Waals surface area contributed by atoms with Gasteiger partial charge in [-0.25, -0.2) is 4.79 Å². The number of alkyl halides is 3. The molecule has 0 bridgehead atoms. The monoisotopic (exact) mass is 271 g/mol. The van der Waals surface area contributed by atoms with Gasteiger partial charge >= 0.3 is 12.2 Å². The van der Waals surface area contributed by atoms with Crippen LogP contribution < -0.4 is 10.6 Å². The summed E-state index contributed by atoms with van der Waals surface area (Å²) in [5.74, 6) is 0. The number of nitriles is 1. The molecule has 2 amide bonds. The van der Waals surface area contributed by atoms with Crippen LogP contribution in [0.15, 0.2) is 24.3 Å². The Morgan fingerprint density at radius 1 is 1.26 bits per heavy atom. The van der Waals surface area contributed by atoms with Crippen LogP contribution >= 0.6 is 0 Å². The number of hydrogen-bond acceptors (Lipinski definition) is 2. The first-order valence-corrected chi connectivity index (χ1v) is 5.52. The third-order valence-corrected chi connectivity index (χ3v) is 2.22. The van der Waals surface area contributed by atoms with Crippen molar-refractivity contribution >= 4 is 11.7 Å². The van der Waals surface area contributed by atoms with Gasteiger partial charge in [0.05, 0.1) is 11.6 Å². The molecule has 7 heteroatoms. The highest BCUT2D eigenvalue weighted by Crippen LogP contribution is 2.29. The zero-order valence-corrected chi connectivity index (χ0v) is 9.92. The maximum absolute atomic E-state index is 12.3. The summed E-state index contributed by atoms with van der Waals surface area (Å²) in [4.78, 5) is 11.3. The van der Waals surface area contributed by atoms with E-state index in [1.807, 2.05) is 6.07 Å². The number of hydrogen-bond donors (Lipinski definition) is 2. The van der Waals surface area contributed by atoms with Crippen LogP contribution in [0.25, 0.3) is 0 Å². The van der Waals surface area contributed by atoms with E-state index >= 15 is 0 Å². The van der Waals surface area contributed by atoms with Crippen LogP contribution in [0.3, 0.4) is 0 Å². The van der Waals surface area contributed by atoms with E-state index < -0.39 is 17.8 Å². The van der Waals surface area contributed by atoms with Gasteiger partial charge in [-0.1, -0.05) is 0 Å². The lowest BCUT2D eigenvalue weighted by Gasteiger charge is -2.09. The topological polar surface area (TPSA) is 64.9 Å². The van der Waals surface area contributed by atoms with Gasteiger partial charge in [0.1, 0.15) is 0 Å². The standard InChI is InChI=1S/C12H12F3N3O/c13-12(14,15)9-3-5-10(6-4-9)18-11(19)17-8-2-1-7-16/h3-6H,1-2,8H2,(H2,17,18,19). The summed E-state index contributed by atoms with van der Waals surface area (Å²) in [6.45, 7) is 0.333. The van der Waals surface area contributed by atoms with Crippen molar-refractivity contribution in [2.45, 2.75) is 19.0 Å². The molecule has 1 rings (SSSR count). The van der Waals surface area contributed by atoms with Crippen molar-refractivity contribution in [3.63, 3.8) is 0 Å². The number of nitrogens with one attached hydrogen (secondary N) is 2. The summed E-state index contributed by atoms with van der Waals surface area (Å²) < 4.78 is 36.9. The van der Waals surface area contributed by atoms with Crippen LogP contribution in [-0.4, -0.2) is 12.6 Å². The quantitative estimate of drug-likeness (QED) is 0.826. The maximum Gasteiger partial charge on any atom is 0.416 e. The highest BCUT2D eigenvalue weighted by molar-refractivity contribution is 5.89. The summed E-state index contributed by atoms with van der Waals surface area (Å²) in [7, 11) is 0. The molecule has 0 aromatic heterocycles. The van der Waals surface area contributed by atoms with Crippen molar-refractivity contribution in [1.82, 2.24) is 5.32 Å². The van der Waals surface area contributed by atoms with Crippen LogP contribution in [0.2, 0.25) is 0 Å². The number of unbranched alkanes of at least 4 members (excludes halogenated alkanes) is 1. The van der Waals surface area contributed by atoms with Gasteiger partial charge in [-0.3, -0.25) is 0 Å². The molecular formula is C12H12F3N3O. The van der Waals surface area contributed by atoms with Crippen molar-refractivity contribution < 1.29 is 18.0 Å². The molecule has 0 saturated heterocycles. The van der Waals surface area contributed by atoms with Gasteiger partial charge in [-0.2, -0.15) is 18.4 Å².